The van der Waals surface area contributed by atoms with Gasteiger partial charge in [0.05, 0.1) is 13.2 Å². The molecule has 0 bridgehead atoms. The molecule has 1 aliphatic heterocycles. The molecule has 0 saturated carbocycles. The quantitative estimate of drug-likeness (QED) is 0.855. The molecule has 1 aromatic rings. The maximum absolute atomic E-state index is 11.5. The molecular formula is C11H18N4O3. The highest BCUT2D eigenvalue weighted by molar-refractivity contribution is 5.67. The molecule has 7 nitrogen and oxygen atoms in total. The van der Waals surface area contributed by atoms with E-state index in [4.69, 9.17) is 4.74 Å². The van der Waals surface area contributed by atoms with Crippen molar-refractivity contribution in [3.63, 3.8) is 0 Å². The van der Waals surface area contributed by atoms with E-state index in [-0.39, 0.29) is 6.09 Å². The van der Waals surface area contributed by atoms with Crippen LogP contribution in [0.1, 0.15) is 25.6 Å². The van der Waals surface area contributed by atoms with Gasteiger partial charge in [-0.25, -0.2) is 4.79 Å². The molecule has 1 N–H and O–H groups in total. The lowest BCUT2D eigenvalue weighted by molar-refractivity contribution is 0.0949. The number of piperidine rings is 1. The van der Waals surface area contributed by atoms with Crippen LogP contribution < -0.4 is 5.32 Å². The van der Waals surface area contributed by atoms with Crippen LogP contribution in [-0.2, 0) is 11.3 Å². The summed E-state index contributed by atoms with van der Waals surface area (Å²) < 4.78 is 9.63. The number of aromatic nitrogens is 2. The SMILES string of the molecule is CCOC(=O)N1CCC(NCc2ncon2)CC1. The van der Waals surface area contributed by atoms with E-state index < -0.39 is 0 Å². The Morgan fingerprint density at radius 1 is 1.61 bits per heavy atom. The van der Waals surface area contributed by atoms with E-state index in [2.05, 4.69) is 20.0 Å². The van der Waals surface area contributed by atoms with Crippen molar-refractivity contribution < 1.29 is 14.1 Å². The molecule has 0 unspecified atom stereocenters. The average molecular weight is 254 g/mol. The first-order valence-electron chi connectivity index (χ1n) is 6.20. The molecule has 1 amide bonds. The molecule has 1 aliphatic rings. The van der Waals surface area contributed by atoms with Crippen molar-refractivity contribution >= 4 is 6.09 Å². The van der Waals surface area contributed by atoms with Crippen LogP contribution >= 0.6 is 0 Å². The van der Waals surface area contributed by atoms with Crippen molar-refractivity contribution in [2.75, 3.05) is 19.7 Å². The molecule has 1 aromatic heterocycles. The highest BCUT2D eigenvalue weighted by Crippen LogP contribution is 2.11. The van der Waals surface area contributed by atoms with Crippen LogP contribution in [0.3, 0.4) is 0 Å². The third kappa shape index (κ3) is 3.43. The van der Waals surface area contributed by atoms with Crippen LogP contribution in [-0.4, -0.2) is 46.9 Å². The lowest BCUT2D eigenvalue weighted by Crippen LogP contribution is -2.45. The van der Waals surface area contributed by atoms with E-state index in [0.29, 0.717) is 25.0 Å². The number of likely N-dealkylation sites (tertiary alicyclic amines) is 1. The Balaban J connectivity index is 1.68. The van der Waals surface area contributed by atoms with Gasteiger partial charge in [0, 0.05) is 19.1 Å². The zero-order chi connectivity index (χ0) is 12.8. The van der Waals surface area contributed by atoms with Gasteiger partial charge >= 0.3 is 6.09 Å². The largest absolute Gasteiger partial charge is 0.450 e. The number of carbonyl (C=O) groups excluding carboxylic acids is 1. The van der Waals surface area contributed by atoms with Crippen molar-refractivity contribution in [2.45, 2.75) is 32.4 Å². The van der Waals surface area contributed by atoms with Gasteiger partial charge in [-0.05, 0) is 19.8 Å². The number of hydrogen-bond acceptors (Lipinski definition) is 6. The molecule has 0 atom stereocenters. The van der Waals surface area contributed by atoms with Gasteiger partial charge in [-0.2, -0.15) is 4.98 Å². The molecule has 1 fully saturated rings. The summed E-state index contributed by atoms with van der Waals surface area (Å²) in [5, 5.41) is 7.09. The number of nitrogens with zero attached hydrogens (tertiary/aromatic N) is 3. The molecular weight excluding hydrogens is 236 g/mol. The molecule has 18 heavy (non-hydrogen) atoms. The van der Waals surface area contributed by atoms with E-state index in [1.165, 1.54) is 6.39 Å². The standard InChI is InChI=1S/C11H18N4O3/c1-2-17-11(16)15-5-3-9(4-6-15)12-7-10-13-8-18-14-10/h8-9,12H,2-7H2,1H3. The predicted molar refractivity (Wildman–Crippen MR) is 62.8 cm³/mol. The van der Waals surface area contributed by atoms with Crippen LogP contribution in [0.15, 0.2) is 10.9 Å². The van der Waals surface area contributed by atoms with E-state index >= 15 is 0 Å². The van der Waals surface area contributed by atoms with E-state index in [9.17, 15) is 4.79 Å². The summed E-state index contributed by atoms with van der Waals surface area (Å²) in [6, 6.07) is 0.383. The third-order valence-electron chi connectivity index (χ3n) is 2.98. The fourth-order valence-corrected chi connectivity index (χ4v) is 1.99. The van der Waals surface area contributed by atoms with Gasteiger partial charge in [0.25, 0.3) is 0 Å². The first kappa shape index (κ1) is 12.8. The summed E-state index contributed by atoms with van der Waals surface area (Å²) in [5.74, 6) is 0.655. The van der Waals surface area contributed by atoms with Crippen LogP contribution in [0.5, 0.6) is 0 Å². The highest BCUT2D eigenvalue weighted by Gasteiger charge is 2.23. The Labute approximate surface area is 105 Å². The fraction of sp³-hybridized carbons (Fsp3) is 0.727. The lowest BCUT2D eigenvalue weighted by atomic mass is 10.1. The summed E-state index contributed by atoms with van der Waals surface area (Å²) in [4.78, 5) is 17.2. The normalized spacial score (nSPS) is 16.8. The van der Waals surface area contributed by atoms with Gasteiger partial charge in [-0.15, -0.1) is 0 Å². The van der Waals surface area contributed by atoms with Crippen molar-refractivity contribution in [1.29, 1.82) is 0 Å². The first-order chi connectivity index (χ1) is 8.79. The molecule has 0 aliphatic carbocycles. The first-order valence-corrected chi connectivity index (χ1v) is 6.20. The Bertz CT molecular complexity index is 360. The molecule has 2 rings (SSSR count). The van der Waals surface area contributed by atoms with E-state index in [1.54, 1.807) is 4.90 Å². The van der Waals surface area contributed by atoms with Crippen LogP contribution in [0.2, 0.25) is 0 Å². The Hall–Kier alpha value is -1.63. The maximum atomic E-state index is 11.5. The minimum absolute atomic E-state index is 0.214. The minimum Gasteiger partial charge on any atom is -0.450 e. The Kier molecular flexibility index (Phi) is 4.52. The second-order valence-electron chi connectivity index (χ2n) is 4.19. The van der Waals surface area contributed by atoms with Crippen LogP contribution in [0.4, 0.5) is 4.79 Å². The number of amides is 1. The summed E-state index contributed by atoms with van der Waals surface area (Å²) in [5.41, 5.74) is 0. The zero-order valence-electron chi connectivity index (χ0n) is 10.5. The maximum Gasteiger partial charge on any atom is 0.409 e. The Morgan fingerprint density at radius 2 is 2.39 bits per heavy atom. The second-order valence-corrected chi connectivity index (χ2v) is 4.19. The van der Waals surface area contributed by atoms with Crippen LogP contribution in [0.25, 0.3) is 0 Å². The van der Waals surface area contributed by atoms with Gasteiger partial charge in [0.1, 0.15) is 0 Å². The van der Waals surface area contributed by atoms with Gasteiger partial charge in [0.2, 0.25) is 6.39 Å². The molecule has 2 heterocycles. The van der Waals surface area contributed by atoms with Gasteiger partial charge in [0.15, 0.2) is 5.82 Å². The van der Waals surface area contributed by atoms with Crippen molar-refractivity contribution in [3.8, 4) is 0 Å². The van der Waals surface area contributed by atoms with E-state index in [1.807, 2.05) is 6.92 Å². The molecule has 0 radical (unpaired) electrons. The topological polar surface area (TPSA) is 80.5 Å². The monoisotopic (exact) mass is 254 g/mol. The van der Waals surface area contributed by atoms with E-state index in [0.717, 1.165) is 25.9 Å². The number of hydrogen-bond donors (Lipinski definition) is 1. The number of ether oxygens (including phenoxy) is 1. The summed E-state index contributed by atoms with van der Waals surface area (Å²) in [6.45, 7) is 4.29. The van der Waals surface area contributed by atoms with Gasteiger partial charge in [-0.1, -0.05) is 5.16 Å². The molecule has 100 valence electrons. The van der Waals surface area contributed by atoms with Crippen molar-refractivity contribution in [3.05, 3.63) is 12.2 Å². The highest BCUT2D eigenvalue weighted by atomic mass is 16.6. The second kappa shape index (κ2) is 6.34. The lowest BCUT2D eigenvalue weighted by Gasteiger charge is -2.31. The van der Waals surface area contributed by atoms with Gasteiger partial charge < -0.3 is 19.5 Å². The third-order valence-corrected chi connectivity index (χ3v) is 2.98. The summed E-state index contributed by atoms with van der Waals surface area (Å²) >= 11 is 0. The summed E-state index contributed by atoms with van der Waals surface area (Å²) in [7, 11) is 0. The number of rotatable bonds is 4. The van der Waals surface area contributed by atoms with Gasteiger partial charge in [-0.3, -0.25) is 0 Å². The zero-order valence-corrected chi connectivity index (χ0v) is 10.5. The molecule has 0 aromatic carbocycles. The van der Waals surface area contributed by atoms with Crippen LogP contribution in [0, 0.1) is 0 Å². The number of carbonyl (C=O) groups is 1. The van der Waals surface area contributed by atoms with Crippen molar-refractivity contribution in [1.82, 2.24) is 20.4 Å². The number of nitrogens with one attached hydrogen (secondary N) is 1. The fourth-order valence-electron chi connectivity index (χ4n) is 1.99. The average Bonchev–Trinajstić information content (AvgIpc) is 2.90. The molecule has 7 heteroatoms. The molecule has 0 spiro atoms. The smallest absolute Gasteiger partial charge is 0.409 e. The Morgan fingerprint density at radius 3 is 3.00 bits per heavy atom. The van der Waals surface area contributed by atoms with Crippen molar-refractivity contribution in [2.24, 2.45) is 0 Å². The summed E-state index contributed by atoms with van der Waals surface area (Å²) in [6.07, 6.45) is 2.93. The minimum atomic E-state index is -0.214. The predicted octanol–water partition coefficient (Wildman–Crippen LogP) is 0.780. The molecule has 1 saturated heterocycles.